The van der Waals surface area contributed by atoms with Crippen molar-refractivity contribution in [2.24, 2.45) is 0 Å². The highest BCUT2D eigenvalue weighted by molar-refractivity contribution is 4.80. The van der Waals surface area contributed by atoms with E-state index in [2.05, 4.69) is 5.32 Å². The molecule has 1 aliphatic rings. The Balaban J connectivity index is 2.29. The molecule has 0 aromatic heterocycles. The molecule has 0 spiro atoms. The maximum absolute atomic E-state index is 12.0. The second kappa shape index (κ2) is 4.98. The molecular formula is C9H17F3N2. The summed E-state index contributed by atoms with van der Waals surface area (Å²) in [5.74, 6) is 0. The van der Waals surface area contributed by atoms with Gasteiger partial charge in [0.2, 0.25) is 0 Å². The van der Waals surface area contributed by atoms with Gasteiger partial charge in [-0.3, -0.25) is 4.90 Å². The Labute approximate surface area is 82.5 Å². The molecular weight excluding hydrogens is 193 g/mol. The normalized spacial score (nSPS) is 24.4. The van der Waals surface area contributed by atoms with E-state index in [0.717, 1.165) is 25.9 Å². The standard InChI is InChI=1S/C9H17F3N2/c1-13-7-8-3-2-5-14(8)6-4-9(10,11)12/h8,13H,2-7H2,1H3. The molecule has 0 aromatic rings. The summed E-state index contributed by atoms with van der Waals surface area (Å²) in [7, 11) is 1.83. The molecule has 1 heterocycles. The third kappa shape index (κ3) is 3.84. The van der Waals surface area contributed by atoms with Crippen LogP contribution in [0, 0.1) is 0 Å². The molecule has 14 heavy (non-hydrogen) atoms. The van der Waals surface area contributed by atoms with Crippen LogP contribution in [0.5, 0.6) is 0 Å². The molecule has 84 valence electrons. The van der Waals surface area contributed by atoms with Crippen molar-refractivity contribution < 1.29 is 13.2 Å². The molecule has 0 radical (unpaired) electrons. The van der Waals surface area contributed by atoms with E-state index in [1.165, 1.54) is 0 Å². The molecule has 1 aliphatic heterocycles. The largest absolute Gasteiger partial charge is 0.390 e. The zero-order valence-corrected chi connectivity index (χ0v) is 8.40. The van der Waals surface area contributed by atoms with Gasteiger partial charge in [0.05, 0.1) is 6.42 Å². The molecule has 1 saturated heterocycles. The second-order valence-electron chi connectivity index (χ2n) is 3.75. The van der Waals surface area contributed by atoms with Gasteiger partial charge in [-0.2, -0.15) is 13.2 Å². The number of halogens is 3. The van der Waals surface area contributed by atoms with Crippen LogP contribution in [0.15, 0.2) is 0 Å². The zero-order chi connectivity index (χ0) is 10.6. The van der Waals surface area contributed by atoms with Gasteiger partial charge in [-0.25, -0.2) is 0 Å². The van der Waals surface area contributed by atoms with Crippen LogP contribution in [0.3, 0.4) is 0 Å². The first kappa shape index (κ1) is 11.8. The monoisotopic (exact) mass is 210 g/mol. The first-order valence-electron chi connectivity index (χ1n) is 4.98. The van der Waals surface area contributed by atoms with Gasteiger partial charge >= 0.3 is 6.18 Å². The summed E-state index contributed by atoms with van der Waals surface area (Å²) < 4.78 is 35.9. The van der Waals surface area contributed by atoms with Gasteiger partial charge < -0.3 is 5.32 Å². The predicted molar refractivity (Wildman–Crippen MR) is 49.2 cm³/mol. The van der Waals surface area contributed by atoms with E-state index in [1.54, 1.807) is 0 Å². The lowest BCUT2D eigenvalue weighted by Crippen LogP contribution is -2.38. The molecule has 0 amide bonds. The minimum absolute atomic E-state index is 0.149. The summed E-state index contributed by atoms with van der Waals surface area (Å²) >= 11 is 0. The van der Waals surface area contributed by atoms with E-state index in [0.29, 0.717) is 6.04 Å². The van der Waals surface area contributed by atoms with Crippen molar-refractivity contribution in [2.45, 2.75) is 31.5 Å². The van der Waals surface area contributed by atoms with Gasteiger partial charge in [0.1, 0.15) is 0 Å². The number of likely N-dealkylation sites (N-methyl/N-ethyl adjacent to an activating group) is 1. The summed E-state index contributed by atoms with van der Waals surface area (Å²) in [6.07, 6.45) is -2.68. The fraction of sp³-hybridized carbons (Fsp3) is 1.00. The Hall–Kier alpha value is -0.290. The highest BCUT2D eigenvalue weighted by Gasteiger charge is 2.31. The molecule has 1 unspecified atom stereocenters. The molecule has 1 N–H and O–H groups in total. The van der Waals surface area contributed by atoms with E-state index in [9.17, 15) is 13.2 Å². The molecule has 5 heteroatoms. The molecule has 1 rings (SSSR count). The minimum Gasteiger partial charge on any atom is -0.318 e. The van der Waals surface area contributed by atoms with Crippen LogP contribution in [0.4, 0.5) is 13.2 Å². The van der Waals surface area contributed by atoms with E-state index in [-0.39, 0.29) is 6.54 Å². The van der Waals surface area contributed by atoms with Crippen molar-refractivity contribution in [3.8, 4) is 0 Å². The number of rotatable bonds is 4. The molecule has 0 saturated carbocycles. The molecule has 0 aliphatic carbocycles. The number of hydrogen-bond donors (Lipinski definition) is 1. The van der Waals surface area contributed by atoms with Gasteiger partial charge in [0.15, 0.2) is 0 Å². The Morgan fingerprint density at radius 1 is 1.43 bits per heavy atom. The van der Waals surface area contributed by atoms with Crippen molar-refractivity contribution in [3.05, 3.63) is 0 Å². The molecule has 0 bridgehead atoms. The van der Waals surface area contributed by atoms with Crippen LogP contribution in [0.1, 0.15) is 19.3 Å². The van der Waals surface area contributed by atoms with E-state index in [1.807, 2.05) is 11.9 Å². The fourth-order valence-corrected chi connectivity index (χ4v) is 1.93. The van der Waals surface area contributed by atoms with E-state index < -0.39 is 12.6 Å². The molecule has 0 aromatic carbocycles. The highest BCUT2D eigenvalue weighted by Crippen LogP contribution is 2.23. The number of likely N-dealkylation sites (tertiary alicyclic amines) is 1. The summed E-state index contributed by atoms with van der Waals surface area (Å²) in [4.78, 5) is 1.93. The lowest BCUT2D eigenvalue weighted by atomic mass is 10.2. The lowest BCUT2D eigenvalue weighted by molar-refractivity contribution is -0.138. The van der Waals surface area contributed by atoms with Gasteiger partial charge in [0, 0.05) is 19.1 Å². The van der Waals surface area contributed by atoms with Crippen LogP contribution in [0.2, 0.25) is 0 Å². The maximum atomic E-state index is 12.0. The van der Waals surface area contributed by atoms with Crippen LogP contribution < -0.4 is 5.32 Å². The number of nitrogens with one attached hydrogen (secondary N) is 1. The van der Waals surface area contributed by atoms with Crippen LogP contribution in [-0.2, 0) is 0 Å². The zero-order valence-electron chi connectivity index (χ0n) is 8.40. The first-order chi connectivity index (χ1) is 6.53. The summed E-state index contributed by atoms with van der Waals surface area (Å²) in [5.41, 5.74) is 0. The Morgan fingerprint density at radius 2 is 2.14 bits per heavy atom. The van der Waals surface area contributed by atoms with Crippen LogP contribution in [-0.4, -0.2) is 43.8 Å². The van der Waals surface area contributed by atoms with Crippen molar-refractivity contribution in [3.63, 3.8) is 0 Å². The van der Waals surface area contributed by atoms with Gasteiger partial charge in [0.25, 0.3) is 0 Å². The minimum atomic E-state index is -4.02. The average Bonchev–Trinajstić information content (AvgIpc) is 2.48. The lowest BCUT2D eigenvalue weighted by Gasteiger charge is -2.24. The fourth-order valence-electron chi connectivity index (χ4n) is 1.93. The van der Waals surface area contributed by atoms with Gasteiger partial charge in [-0.1, -0.05) is 0 Å². The van der Waals surface area contributed by atoms with Crippen molar-refractivity contribution >= 4 is 0 Å². The van der Waals surface area contributed by atoms with Crippen molar-refractivity contribution in [1.29, 1.82) is 0 Å². The topological polar surface area (TPSA) is 15.3 Å². The smallest absolute Gasteiger partial charge is 0.318 e. The third-order valence-electron chi connectivity index (χ3n) is 2.62. The average molecular weight is 210 g/mol. The van der Waals surface area contributed by atoms with E-state index in [4.69, 9.17) is 0 Å². The number of alkyl halides is 3. The molecule has 1 fully saturated rings. The summed E-state index contributed by atoms with van der Waals surface area (Å²) in [6, 6.07) is 0.294. The SMILES string of the molecule is CNCC1CCCN1CCC(F)(F)F. The van der Waals surface area contributed by atoms with Crippen LogP contribution in [0.25, 0.3) is 0 Å². The van der Waals surface area contributed by atoms with Crippen molar-refractivity contribution in [1.82, 2.24) is 10.2 Å². The second-order valence-corrected chi connectivity index (χ2v) is 3.75. The van der Waals surface area contributed by atoms with Gasteiger partial charge in [-0.05, 0) is 26.4 Å². The number of nitrogens with zero attached hydrogens (tertiary/aromatic N) is 1. The predicted octanol–water partition coefficient (Wildman–Crippen LogP) is 1.62. The summed E-state index contributed by atoms with van der Waals surface area (Å²) in [6.45, 7) is 1.75. The van der Waals surface area contributed by atoms with Crippen LogP contribution >= 0.6 is 0 Å². The maximum Gasteiger partial charge on any atom is 0.390 e. The Bertz CT molecular complexity index is 170. The van der Waals surface area contributed by atoms with E-state index >= 15 is 0 Å². The Morgan fingerprint density at radius 3 is 2.71 bits per heavy atom. The quantitative estimate of drug-likeness (QED) is 0.758. The molecule has 1 atom stereocenters. The Kier molecular flexibility index (Phi) is 4.19. The first-order valence-corrected chi connectivity index (χ1v) is 4.98. The van der Waals surface area contributed by atoms with Crippen molar-refractivity contribution in [2.75, 3.05) is 26.7 Å². The van der Waals surface area contributed by atoms with Gasteiger partial charge in [-0.15, -0.1) is 0 Å². The number of hydrogen-bond acceptors (Lipinski definition) is 2. The highest BCUT2D eigenvalue weighted by atomic mass is 19.4. The summed E-state index contributed by atoms with van der Waals surface area (Å²) in [5, 5.41) is 3.01. The molecule has 2 nitrogen and oxygen atoms in total. The third-order valence-corrected chi connectivity index (χ3v) is 2.62.